The van der Waals surface area contributed by atoms with Gasteiger partial charge in [0.15, 0.2) is 0 Å². The van der Waals surface area contributed by atoms with Gasteiger partial charge in [0.2, 0.25) is 0 Å². The first kappa shape index (κ1) is 14.3. The Morgan fingerprint density at radius 1 is 1.35 bits per heavy atom. The monoisotopic (exact) mass is 293 g/mol. The normalized spacial score (nSPS) is 12.2. The highest BCUT2D eigenvalue weighted by atomic mass is 79.9. The lowest BCUT2D eigenvalue weighted by Gasteiger charge is -2.18. The van der Waals surface area contributed by atoms with Gasteiger partial charge in [0.1, 0.15) is 0 Å². The molecule has 1 rings (SSSR count). The summed E-state index contributed by atoms with van der Waals surface area (Å²) < 4.78 is 1.21. The minimum atomic E-state index is 0.397. The molecule has 17 heavy (non-hydrogen) atoms. The summed E-state index contributed by atoms with van der Waals surface area (Å²) in [5.74, 6) is 2.70. The van der Waals surface area contributed by atoms with Crippen LogP contribution in [0, 0.1) is 26.2 Å². The number of hydrogen-bond acceptors (Lipinski definition) is 1. The molecule has 1 aromatic carbocycles. The molecule has 2 heteroatoms. The van der Waals surface area contributed by atoms with Gasteiger partial charge in [0.25, 0.3) is 0 Å². The van der Waals surface area contributed by atoms with E-state index in [4.69, 9.17) is 6.42 Å². The third-order valence-electron chi connectivity index (χ3n) is 3.02. The molecule has 0 saturated heterocycles. The Hall–Kier alpha value is -0.780. The van der Waals surface area contributed by atoms with Crippen LogP contribution < -0.4 is 5.32 Å². The molecule has 0 aliphatic rings. The molecule has 0 aliphatic heterocycles. The quantitative estimate of drug-likeness (QED) is 0.636. The standard InChI is InChI=1S/C15H20BrN/c1-5-6-7-8-14(17-4)13-9-11(2)15(16)12(3)10-13/h1,9-10,14,17H,6-8H2,2-4H3. The molecule has 0 amide bonds. The van der Waals surface area contributed by atoms with E-state index in [0.717, 1.165) is 19.3 Å². The Bertz CT molecular complexity index is 394. The zero-order valence-corrected chi connectivity index (χ0v) is 12.4. The molecule has 1 nitrogen and oxygen atoms in total. The molecule has 0 saturated carbocycles. The van der Waals surface area contributed by atoms with E-state index >= 15 is 0 Å². The lowest BCUT2D eigenvalue weighted by Crippen LogP contribution is -2.16. The number of halogens is 1. The van der Waals surface area contributed by atoms with E-state index in [1.165, 1.54) is 21.2 Å². The molecule has 1 N–H and O–H groups in total. The lowest BCUT2D eigenvalue weighted by molar-refractivity contribution is 0.531. The third-order valence-corrected chi connectivity index (χ3v) is 4.27. The molecule has 1 aromatic rings. The van der Waals surface area contributed by atoms with Crippen molar-refractivity contribution in [2.24, 2.45) is 0 Å². The Balaban J connectivity index is 2.85. The number of nitrogens with one attached hydrogen (secondary N) is 1. The van der Waals surface area contributed by atoms with Gasteiger partial charge in [-0.1, -0.05) is 28.1 Å². The molecular weight excluding hydrogens is 274 g/mol. The van der Waals surface area contributed by atoms with Gasteiger partial charge >= 0.3 is 0 Å². The average Bonchev–Trinajstić information content (AvgIpc) is 2.31. The predicted octanol–water partition coefficient (Wildman–Crippen LogP) is 4.13. The number of aryl methyl sites for hydroxylation is 2. The van der Waals surface area contributed by atoms with Crippen LogP contribution in [0.2, 0.25) is 0 Å². The summed E-state index contributed by atoms with van der Waals surface area (Å²) >= 11 is 3.60. The summed E-state index contributed by atoms with van der Waals surface area (Å²) in [6, 6.07) is 4.89. The van der Waals surface area contributed by atoms with Crippen molar-refractivity contribution in [1.82, 2.24) is 5.32 Å². The second-order valence-corrected chi connectivity index (χ2v) is 5.20. The van der Waals surface area contributed by atoms with Gasteiger partial charge in [-0.3, -0.25) is 0 Å². The highest BCUT2D eigenvalue weighted by molar-refractivity contribution is 9.10. The van der Waals surface area contributed by atoms with Crippen LogP contribution in [0.5, 0.6) is 0 Å². The Morgan fingerprint density at radius 3 is 2.41 bits per heavy atom. The summed E-state index contributed by atoms with van der Waals surface area (Å²) in [5.41, 5.74) is 3.93. The maximum atomic E-state index is 5.29. The van der Waals surface area contributed by atoms with Gasteiger partial charge in [-0.05, 0) is 50.4 Å². The van der Waals surface area contributed by atoms with Gasteiger partial charge in [-0.15, -0.1) is 12.3 Å². The molecule has 0 spiro atoms. The minimum Gasteiger partial charge on any atom is -0.313 e. The zero-order valence-electron chi connectivity index (χ0n) is 10.8. The maximum Gasteiger partial charge on any atom is 0.0318 e. The Morgan fingerprint density at radius 2 is 1.94 bits per heavy atom. The van der Waals surface area contributed by atoms with Crippen LogP contribution in [0.15, 0.2) is 16.6 Å². The molecule has 0 fully saturated rings. The Kier molecular flexibility index (Phi) is 5.74. The van der Waals surface area contributed by atoms with E-state index in [0.29, 0.717) is 6.04 Å². The van der Waals surface area contributed by atoms with Crippen molar-refractivity contribution in [2.45, 2.75) is 39.2 Å². The van der Waals surface area contributed by atoms with Crippen LogP contribution >= 0.6 is 15.9 Å². The SMILES string of the molecule is C#CCCCC(NC)c1cc(C)c(Br)c(C)c1. The molecule has 1 unspecified atom stereocenters. The fraction of sp³-hybridized carbons (Fsp3) is 0.467. The molecule has 0 aromatic heterocycles. The number of terminal acetylenes is 1. The lowest BCUT2D eigenvalue weighted by atomic mass is 9.97. The van der Waals surface area contributed by atoms with Crippen LogP contribution in [0.4, 0.5) is 0 Å². The topological polar surface area (TPSA) is 12.0 Å². The van der Waals surface area contributed by atoms with Crippen LogP contribution in [-0.4, -0.2) is 7.05 Å². The Labute approximate surface area is 113 Å². The summed E-state index contributed by atoms with van der Waals surface area (Å²) in [6.45, 7) is 4.27. The van der Waals surface area contributed by atoms with E-state index < -0.39 is 0 Å². The van der Waals surface area contributed by atoms with Crippen molar-refractivity contribution >= 4 is 15.9 Å². The molecular formula is C15H20BrN. The number of rotatable bonds is 5. The predicted molar refractivity (Wildman–Crippen MR) is 78.1 cm³/mol. The van der Waals surface area contributed by atoms with E-state index in [1.54, 1.807) is 0 Å². The van der Waals surface area contributed by atoms with Crippen molar-refractivity contribution in [3.8, 4) is 12.3 Å². The second kappa shape index (κ2) is 6.83. The molecule has 1 atom stereocenters. The highest BCUT2D eigenvalue weighted by Gasteiger charge is 2.11. The largest absolute Gasteiger partial charge is 0.313 e. The van der Waals surface area contributed by atoms with Crippen molar-refractivity contribution in [3.63, 3.8) is 0 Å². The minimum absolute atomic E-state index is 0.397. The van der Waals surface area contributed by atoms with E-state index in [9.17, 15) is 0 Å². The molecule has 92 valence electrons. The van der Waals surface area contributed by atoms with E-state index in [1.807, 2.05) is 7.05 Å². The number of benzene rings is 1. The van der Waals surface area contributed by atoms with Gasteiger partial charge in [-0.2, -0.15) is 0 Å². The van der Waals surface area contributed by atoms with Crippen molar-refractivity contribution in [2.75, 3.05) is 7.05 Å². The smallest absolute Gasteiger partial charge is 0.0318 e. The molecule has 0 heterocycles. The van der Waals surface area contributed by atoms with Crippen molar-refractivity contribution in [3.05, 3.63) is 33.3 Å². The van der Waals surface area contributed by atoms with E-state index in [-0.39, 0.29) is 0 Å². The summed E-state index contributed by atoms with van der Waals surface area (Å²) in [7, 11) is 2.01. The average molecular weight is 294 g/mol. The summed E-state index contributed by atoms with van der Waals surface area (Å²) in [5, 5.41) is 3.37. The first-order chi connectivity index (χ1) is 8.10. The first-order valence-corrected chi connectivity index (χ1v) is 6.76. The fourth-order valence-corrected chi connectivity index (χ4v) is 2.30. The third kappa shape index (κ3) is 3.87. The molecule has 0 radical (unpaired) electrons. The van der Waals surface area contributed by atoms with Gasteiger partial charge in [0, 0.05) is 16.9 Å². The summed E-state index contributed by atoms with van der Waals surface area (Å²) in [6.07, 6.45) is 8.29. The van der Waals surface area contributed by atoms with Crippen LogP contribution in [0.3, 0.4) is 0 Å². The first-order valence-electron chi connectivity index (χ1n) is 5.97. The van der Waals surface area contributed by atoms with Crippen molar-refractivity contribution < 1.29 is 0 Å². The van der Waals surface area contributed by atoms with Gasteiger partial charge in [0.05, 0.1) is 0 Å². The molecule has 0 bridgehead atoms. The molecule has 0 aliphatic carbocycles. The van der Waals surface area contributed by atoms with Crippen LogP contribution in [0.25, 0.3) is 0 Å². The van der Waals surface area contributed by atoms with Crippen molar-refractivity contribution in [1.29, 1.82) is 0 Å². The number of unbranched alkanes of at least 4 members (excludes halogenated alkanes) is 1. The summed E-state index contributed by atoms with van der Waals surface area (Å²) in [4.78, 5) is 0. The maximum absolute atomic E-state index is 5.29. The van der Waals surface area contributed by atoms with Crippen LogP contribution in [-0.2, 0) is 0 Å². The number of hydrogen-bond donors (Lipinski definition) is 1. The zero-order chi connectivity index (χ0) is 12.8. The van der Waals surface area contributed by atoms with Gasteiger partial charge in [-0.25, -0.2) is 0 Å². The fourth-order valence-electron chi connectivity index (χ4n) is 2.07. The van der Waals surface area contributed by atoms with Crippen LogP contribution in [0.1, 0.15) is 42.0 Å². The van der Waals surface area contributed by atoms with Gasteiger partial charge < -0.3 is 5.32 Å². The van der Waals surface area contributed by atoms with E-state index in [2.05, 4.69) is 53.1 Å². The second-order valence-electron chi connectivity index (χ2n) is 4.41. The highest BCUT2D eigenvalue weighted by Crippen LogP contribution is 2.27.